The molecule has 11 heteroatoms. The van der Waals surface area contributed by atoms with Crippen LogP contribution in [0, 0.1) is 0 Å². The Hall–Kier alpha value is -2.85. The van der Waals surface area contributed by atoms with Gasteiger partial charge in [0, 0.05) is 43.7 Å². The van der Waals surface area contributed by atoms with Crippen LogP contribution in [0.3, 0.4) is 0 Å². The van der Waals surface area contributed by atoms with Gasteiger partial charge in [-0.2, -0.15) is 0 Å². The summed E-state index contributed by atoms with van der Waals surface area (Å²) in [4.78, 5) is 42.7. The summed E-state index contributed by atoms with van der Waals surface area (Å²) < 4.78 is 5.38. The summed E-state index contributed by atoms with van der Waals surface area (Å²) in [5.74, 6) is -1.29. The number of carboxylic acid groups (broad SMARTS) is 1. The van der Waals surface area contributed by atoms with Gasteiger partial charge in [-0.3, -0.25) is 19.3 Å². The van der Waals surface area contributed by atoms with Crippen LogP contribution in [0.4, 0.5) is 0 Å². The van der Waals surface area contributed by atoms with Crippen LogP contribution < -0.4 is 15.8 Å². The maximum absolute atomic E-state index is 13.9. The molecule has 40 heavy (non-hydrogen) atoms. The van der Waals surface area contributed by atoms with E-state index in [0.29, 0.717) is 42.3 Å². The number of nitrogens with zero attached hydrogens (tertiary/aromatic N) is 2. The first-order chi connectivity index (χ1) is 19.2. The van der Waals surface area contributed by atoms with Gasteiger partial charge >= 0.3 is 5.97 Å². The van der Waals surface area contributed by atoms with Crippen LogP contribution in [0.25, 0.3) is 0 Å². The Morgan fingerprint density at radius 1 is 1.20 bits per heavy atom. The summed E-state index contributed by atoms with van der Waals surface area (Å²) in [7, 11) is 1.46. The van der Waals surface area contributed by atoms with Crippen LogP contribution in [0.15, 0.2) is 42.5 Å². The minimum Gasteiger partial charge on any atom is -0.495 e. The third kappa shape index (κ3) is 7.07. The lowest BCUT2D eigenvalue weighted by Gasteiger charge is -2.32. The number of halogens is 2. The molecule has 0 radical (unpaired) electrons. The quantitative estimate of drug-likeness (QED) is 0.366. The lowest BCUT2D eigenvalue weighted by molar-refractivity contribution is -0.144. The zero-order valence-corrected chi connectivity index (χ0v) is 24.0. The number of hydrogen-bond acceptors (Lipinski definition) is 6. The monoisotopic (exact) mass is 590 g/mol. The zero-order chi connectivity index (χ0) is 28.8. The second-order valence-electron chi connectivity index (χ2n) is 10.4. The van der Waals surface area contributed by atoms with Gasteiger partial charge in [-0.15, -0.1) is 0 Å². The Kier molecular flexibility index (Phi) is 10.3. The predicted octanol–water partition coefficient (Wildman–Crippen LogP) is 3.49. The molecule has 0 bridgehead atoms. The molecule has 2 amide bonds. The largest absolute Gasteiger partial charge is 0.495 e. The molecule has 0 aromatic heterocycles. The molecule has 4 N–H and O–H groups in total. The van der Waals surface area contributed by atoms with Crippen LogP contribution in [-0.4, -0.2) is 77.1 Å². The molecule has 2 aliphatic heterocycles. The second kappa shape index (κ2) is 13.7. The molecule has 1 unspecified atom stereocenters. The molecule has 4 atom stereocenters. The number of aryl methyl sites for hydroxylation is 1. The number of carboxylic acids is 1. The van der Waals surface area contributed by atoms with Crippen molar-refractivity contribution in [1.29, 1.82) is 0 Å². The average Bonchev–Trinajstić information content (AvgIpc) is 3.28. The third-order valence-corrected chi connectivity index (χ3v) is 8.61. The fourth-order valence-electron chi connectivity index (χ4n) is 5.81. The normalized spacial score (nSPS) is 21.9. The smallest absolute Gasteiger partial charge is 0.303 e. The Labute approximate surface area is 244 Å². The Morgan fingerprint density at radius 2 is 1.95 bits per heavy atom. The average molecular weight is 592 g/mol. The van der Waals surface area contributed by atoms with E-state index >= 15 is 0 Å². The number of benzene rings is 2. The lowest BCUT2D eigenvalue weighted by atomic mass is 10.0. The highest BCUT2D eigenvalue weighted by molar-refractivity contribution is 6.43. The topological polar surface area (TPSA) is 125 Å². The van der Waals surface area contributed by atoms with Crippen molar-refractivity contribution in [1.82, 2.24) is 15.1 Å². The highest BCUT2D eigenvalue weighted by Gasteiger charge is 2.45. The van der Waals surface area contributed by atoms with E-state index in [1.807, 2.05) is 18.2 Å². The molecule has 0 spiro atoms. The van der Waals surface area contributed by atoms with Crippen LogP contribution in [0.1, 0.15) is 43.2 Å². The molecule has 2 aromatic carbocycles. The highest BCUT2D eigenvalue weighted by Crippen LogP contribution is 2.35. The number of carbonyl (C=O) groups is 3. The minimum absolute atomic E-state index is 0.00112. The lowest BCUT2D eigenvalue weighted by Crippen LogP contribution is -2.53. The van der Waals surface area contributed by atoms with Crippen molar-refractivity contribution in [3.05, 3.63) is 63.6 Å². The van der Waals surface area contributed by atoms with E-state index in [1.165, 1.54) is 12.7 Å². The van der Waals surface area contributed by atoms with Gasteiger partial charge in [-0.25, -0.2) is 0 Å². The molecule has 2 heterocycles. The van der Waals surface area contributed by atoms with Crippen molar-refractivity contribution >= 4 is 41.0 Å². The molecular formula is C29H36Cl2N4O5. The first kappa shape index (κ1) is 30.1. The van der Waals surface area contributed by atoms with Crippen molar-refractivity contribution in [3.8, 4) is 5.75 Å². The first-order valence-corrected chi connectivity index (χ1v) is 14.3. The number of hydrogen-bond donors (Lipinski definition) is 3. The van der Waals surface area contributed by atoms with Gasteiger partial charge < -0.3 is 25.8 Å². The van der Waals surface area contributed by atoms with Gasteiger partial charge in [0.1, 0.15) is 16.8 Å². The van der Waals surface area contributed by atoms with Crippen molar-refractivity contribution in [2.24, 2.45) is 5.73 Å². The maximum Gasteiger partial charge on any atom is 0.303 e. The van der Waals surface area contributed by atoms with E-state index in [9.17, 15) is 19.5 Å². The number of fused-ring (bicyclic) bond motifs is 1. The fourth-order valence-corrected chi connectivity index (χ4v) is 6.23. The van der Waals surface area contributed by atoms with E-state index in [-0.39, 0.29) is 42.4 Å². The third-order valence-electron chi connectivity index (χ3n) is 7.82. The van der Waals surface area contributed by atoms with Gasteiger partial charge in [-0.1, -0.05) is 59.6 Å². The minimum atomic E-state index is -1.03. The number of rotatable bonds is 11. The number of nitrogens with two attached hydrogens (primary N) is 1. The second-order valence-corrected chi connectivity index (χ2v) is 11.2. The molecule has 4 rings (SSSR count). The van der Waals surface area contributed by atoms with E-state index in [4.69, 9.17) is 33.7 Å². The van der Waals surface area contributed by atoms with Gasteiger partial charge in [-0.05, 0) is 43.7 Å². The summed E-state index contributed by atoms with van der Waals surface area (Å²) in [5, 5.41) is 12.8. The fraction of sp³-hybridized carbons (Fsp3) is 0.483. The van der Waals surface area contributed by atoms with Crippen LogP contribution in [0.2, 0.25) is 10.0 Å². The first-order valence-electron chi connectivity index (χ1n) is 13.6. The maximum atomic E-state index is 13.9. The molecular weight excluding hydrogens is 555 g/mol. The van der Waals surface area contributed by atoms with E-state index in [1.54, 1.807) is 17.0 Å². The van der Waals surface area contributed by atoms with Gasteiger partial charge in [0.15, 0.2) is 0 Å². The SMILES string of the molecule is COc1c(CNC(=O)[C@@H](CCC(=O)O)N2CCC(CCc3ccccc3)N3C[C@H](N)C[C@H]3C2=O)ccc(Cl)c1Cl. The van der Waals surface area contributed by atoms with Gasteiger partial charge in [0.2, 0.25) is 11.8 Å². The molecule has 2 aromatic rings. The molecule has 0 saturated carbocycles. The van der Waals surface area contributed by atoms with E-state index in [2.05, 4.69) is 22.3 Å². The van der Waals surface area contributed by atoms with Gasteiger partial charge in [0.05, 0.1) is 18.2 Å². The van der Waals surface area contributed by atoms with Crippen molar-refractivity contribution in [3.63, 3.8) is 0 Å². The number of ether oxygens (including phenoxy) is 1. The molecule has 2 fully saturated rings. The number of methoxy groups -OCH3 is 1. The molecule has 216 valence electrons. The van der Waals surface area contributed by atoms with Crippen LogP contribution >= 0.6 is 23.2 Å². The number of aliphatic carboxylic acids is 1. The Balaban J connectivity index is 1.53. The van der Waals surface area contributed by atoms with Crippen LogP contribution in [-0.2, 0) is 27.3 Å². The summed E-state index contributed by atoms with van der Waals surface area (Å²) in [6.07, 6.45) is 2.65. The molecule has 2 saturated heterocycles. The van der Waals surface area contributed by atoms with Crippen molar-refractivity contribution < 1.29 is 24.2 Å². The molecule has 0 aliphatic carbocycles. The summed E-state index contributed by atoms with van der Waals surface area (Å²) in [5.41, 5.74) is 8.16. The van der Waals surface area contributed by atoms with E-state index < -0.39 is 24.0 Å². The van der Waals surface area contributed by atoms with Crippen molar-refractivity contribution in [2.75, 3.05) is 20.2 Å². The summed E-state index contributed by atoms with van der Waals surface area (Å²) in [6.45, 7) is 1.05. The standard InChI is InChI=1S/C29H36Cl2N4O5/c1-40-27-19(8-10-22(30)26(27)31)16-33-28(38)23(11-12-25(36)37)34-14-13-21(9-7-18-5-3-2-4-6-18)35-17-20(32)15-24(35)29(34)39/h2-6,8,10,20-21,23-24H,7,9,11-17,32H2,1H3,(H,33,38)(H,36,37)/t20-,21?,23-,24+/m1/s1. The zero-order valence-electron chi connectivity index (χ0n) is 22.5. The van der Waals surface area contributed by atoms with E-state index in [0.717, 1.165) is 12.8 Å². The van der Waals surface area contributed by atoms with Crippen LogP contribution in [0.5, 0.6) is 5.75 Å². The van der Waals surface area contributed by atoms with Crippen molar-refractivity contribution in [2.45, 2.75) is 69.2 Å². The predicted molar refractivity (Wildman–Crippen MR) is 153 cm³/mol. The number of carbonyl (C=O) groups excluding carboxylic acids is 2. The Bertz CT molecular complexity index is 1210. The van der Waals surface area contributed by atoms with Gasteiger partial charge in [0.25, 0.3) is 0 Å². The Morgan fingerprint density at radius 3 is 2.65 bits per heavy atom. The summed E-state index contributed by atoms with van der Waals surface area (Å²) >= 11 is 12.4. The number of nitrogens with one attached hydrogen (secondary N) is 1. The molecule has 2 aliphatic rings. The molecule has 9 nitrogen and oxygen atoms in total. The number of amides is 2. The summed E-state index contributed by atoms with van der Waals surface area (Å²) in [6, 6.07) is 12.1. The highest BCUT2D eigenvalue weighted by atomic mass is 35.5.